The van der Waals surface area contributed by atoms with E-state index in [1.165, 1.54) is 18.2 Å². The maximum Gasteiger partial charge on any atom is 0.274 e. The molecule has 3 aliphatic carbocycles. The lowest BCUT2D eigenvalue weighted by molar-refractivity contribution is -0.262. The van der Waals surface area contributed by atoms with Crippen LogP contribution >= 0.6 is 11.6 Å². The van der Waals surface area contributed by atoms with Crippen LogP contribution in [0.15, 0.2) is 24.5 Å². The van der Waals surface area contributed by atoms with Crippen molar-refractivity contribution in [2.24, 2.45) is 24.8 Å². The van der Waals surface area contributed by atoms with E-state index in [1.54, 1.807) is 32.2 Å². The number of fused-ring (bicyclic) bond motifs is 1. The molecule has 1 aromatic heterocycles. The predicted molar refractivity (Wildman–Crippen MR) is 133 cm³/mol. The third-order valence-electron chi connectivity index (χ3n) is 8.15. The van der Waals surface area contributed by atoms with Gasteiger partial charge in [-0.25, -0.2) is 9.37 Å². The molecule has 0 bridgehead atoms. The van der Waals surface area contributed by atoms with Crippen molar-refractivity contribution in [3.63, 3.8) is 0 Å². The number of nitrogens with one attached hydrogen (secondary N) is 1. The number of halogens is 2. The van der Waals surface area contributed by atoms with Gasteiger partial charge in [0.1, 0.15) is 17.1 Å². The summed E-state index contributed by atoms with van der Waals surface area (Å²) < 4.78 is 26.0. The number of nitrogens with zero attached hydrogens (tertiary/aromatic N) is 2. The average Bonchev–Trinajstić information content (AvgIpc) is 3.47. The smallest absolute Gasteiger partial charge is 0.274 e. The molecule has 1 aromatic carbocycles. The van der Waals surface area contributed by atoms with Crippen molar-refractivity contribution in [3.8, 4) is 11.8 Å². The maximum absolute atomic E-state index is 13.5. The van der Waals surface area contributed by atoms with Crippen molar-refractivity contribution in [3.05, 3.63) is 46.8 Å². The van der Waals surface area contributed by atoms with Gasteiger partial charge < -0.3 is 24.5 Å². The number of benzene rings is 1. The molecule has 3 saturated carbocycles. The molecule has 3 fully saturated rings. The summed E-state index contributed by atoms with van der Waals surface area (Å²) in [6.45, 7) is 0. The van der Waals surface area contributed by atoms with Crippen molar-refractivity contribution < 1.29 is 23.8 Å². The second kappa shape index (κ2) is 9.46. The molecule has 36 heavy (non-hydrogen) atoms. The molecule has 0 spiro atoms. The first-order valence-corrected chi connectivity index (χ1v) is 12.6. The van der Waals surface area contributed by atoms with Crippen LogP contribution in [0.2, 0.25) is 5.02 Å². The topological polar surface area (TPSA) is 85.6 Å². The number of rotatable bonds is 5. The number of methoxy groups -OCH3 is 2. The predicted octanol–water partition coefficient (Wildman–Crippen LogP) is 4.50. The Morgan fingerprint density at radius 3 is 2.50 bits per heavy atom. The van der Waals surface area contributed by atoms with E-state index in [0.29, 0.717) is 48.9 Å². The van der Waals surface area contributed by atoms with E-state index in [0.717, 1.165) is 18.5 Å². The molecule has 3 aliphatic rings. The highest BCUT2D eigenvalue weighted by atomic mass is 35.5. The first-order valence-electron chi connectivity index (χ1n) is 12.3. The maximum atomic E-state index is 13.5. The summed E-state index contributed by atoms with van der Waals surface area (Å²) in [4.78, 5) is 17.7. The molecule has 1 amide bonds. The molecule has 0 radical (unpaired) electrons. The molecular weight excluding hydrogens is 485 g/mol. The Morgan fingerprint density at radius 1 is 1.22 bits per heavy atom. The first kappa shape index (κ1) is 25.2. The third kappa shape index (κ3) is 4.66. The molecular formula is C27H31ClFN3O4. The van der Waals surface area contributed by atoms with Crippen molar-refractivity contribution in [1.29, 1.82) is 0 Å². The number of hydrogen-bond donors (Lipinski definition) is 2. The molecule has 5 rings (SSSR count). The SMILES string of the molecule is COC1(OC)CC(C#CC2(O)CC3CC(c4ncn(C)c4C(=O)Nc4ccc(F)c(Cl)c4)CC3C2)C1. The van der Waals surface area contributed by atoms with E-state index >= 15 is 0 Å². The molecule has 1 heterocycles. The van der Waals surface area contributed by atoms with Crippen molar-refractivity contribution in [1.82, 2.24) is 9.55 Å². The largest absolute Gasteiger partial charge is 0.378 e. The normalized spacial score (nSPS) is 28.8. The number of aryl methyl sites for hydroxylation is 1. The van der Waals surface area contributed by atoms with Crippen molar-refractivity contribution >= 4 is 23.2 Å². The summed E-state index contributed by atoms with van der Waals surface area (Å²) in [6.07, 6.45) is 6.06. The van der Waals surface area contributed by atoms with Gasteiger partial charge in [-0.05, 0) is 55.7 Å². The average molecular weight is 516 g/mol. The van der Waals surface area contributed by atoms with Gasteiger partial charge in [0.2, 0.25) is 0 Å². The zero-order valence-corrected chi connectivity index (χ0v) is 21.4. The van der Waals surface area contributed by atoms with Crippen molar-refractivity contribution in [2.75, 3.05) is 19.5 Å². The van der Waals surface area contributed by atoms with Crippen LogP contribution in [0, 0.1) is 35.4 Å². The number of amides is 1. The summed E-state index contributed by atoms with van der Waals surface area (Å²) in [6, 6.07) is 4.09. The minimum atomic E-state index is -0.967. The van der Waals surface area contributed by atoms with Crippen LogP contribution in [0.1, 0.15) is 60.6 Å². The summed E-state index contributed by atoms with van der Waals surface area (Å²) in [7, 11) is 5.07. The van der Waals surface area contributed by atoms with Gasteiger partial charge in [-0.2, -0.15) is 0 Å². The summed E-state index contributed by atoms with van der Waals surface area (Å²) >= 11 is 5.86. The number of aliphatic hydroxyl groups is 1. The Labute approximate surface area is 215 Å². The molecule has 7 nitrogen and oxygen atoms in total. The monoisotopic (exact) mass is 515 g/mol. The van der Waals surface area contributed by atoms with Crippen LogP contribution in [-0.4, -0.2) is 46.2 Å². The van der Waals surface area contributed by atoms with E-state index in [9.17, 15) is 14.3 Å². The number of ether oxygens (including phenoxy) is 2. The summed E-state index contributed by atoms with van der Waals surface area (Å²) in [5.41, 5.74) is 0.702. The van der Waals surface area contributed by atoms with Crippen LogP contribution in [-0.2, 0) is 16.5 Å². The van der Waals surface area contributed by atoms with Gasteiger partial charge in [-0.1, -0.05) is 23.4 Å². The Kier molecular flexibility index (Phi) is 6.63. The number of carbonyl (C=O) groups excluding carboxylic acids is 1. The van der Waals surface area contributed by atoms with Gasteiger partial charge in [0, 0.05) is 51.6 Å². The Hall–Kier alpha value is -2.44. The van der Waals surface area contributed by atoms with Gasteiger partial charge in [0.15, 0.2) is 5.79 Å². The van der Waals surface area contributed by atoms with Gasteiger partial charge >= 0.3 is 0 Å². The number of anilines is 1. The van der Waals surface area contributed by atoms with E-state index in [1.807, 2.05) is 0 Å². The van der Waals surface area contributed by atoms with Crippen LogP contribution in [0.25, 0.3) is 0 Å². The Morgan fingerprint density at radius 2 is 1.89 bits per heavy atom. The lowest BCUT2D eigenvalue weighted by Gasteiger charge is -2.42. The van der Waals surface area contributed by atoms with Crippen molar-refractivity contribution in [2.45, 2.75) is 55.8 Å². The van der Waals surface area contributed by atoms with Crippen LogP contribution in [0.5, 0.6) is 0 Å². The number of hydrogen-bond acceptors (Lipinski definition) is 5. The lowest BCUT2D eigenvalue weighted by atomic mass is 9.78. The second-order valence-electron chi connectivity index (χ2n) is 10.5. The molecule has 0 aliphatic heterocycles. The fourth-order valence-corrected chi connectivity index (χ4v) is 6.40. The number of imidazole rings is 1. The third-order valence-corrected chi connectivity index (χ3v) is 8.44. The molecule has 9 heteroatoms. The highest BCUT2D eigenvalue weighted by molar-refractivity contribution is 6.31. The minimum Gasteiger partial charge on any atom is -0.378 e. The lowest BCUT2D eigenvalue weighted by Crippen LogP contribution is -2.46. The molecule has 2 unspecified atom stereocenters. The highest BCUT2D eigenvalue weighted by Gasteiger charge is 2.50. The summed E-state index contributed by atoms with van der Waals surface area (Å²) in [5.74, 6) is 6.02. The van der Waals surface area contributed by atoms with Gasteiger partial charge in [0.25, 0.3) is 5.91 Å². The number of carbonyl (C=O) groups is 1. The zero-order chi connectivity index (χ0) is 25.7. The zero-order valence-electron chi connectivity index (χ0n) is 20.7. The van der Waals surface area contributed by atoms with E-state index < -0.39 is 17.2 Å². The fraction of sp³-hybridized carbons (Fsp3) is 0.556. The van der Waals surface area contributed by atoms with E-state index in [-0.39, 0.29) is 22.8 Å². The molecule has 2 aromatic rings. The Balaban J connectivity index is 1.23. The Bertz CT molecular complexity index is 1210. The number of aromatic nitrogens is 2. The first-order chi connectivity index (χ1) is 17.1. The van der Waals surface area contributed by atoms with Crippen LogP contribution < -0.4 is 5.32 Å². The molecule has 2 atom stereocenters. The fourth-order valence-electron chi connectivity index (χ4n) is 6.22. The molecule has 192 valence electrons. The van der Waals surface area contributed by atoms with Crippen LogP contribution in [0.4, 0.5) is 10.1 Å². The van der Waals surface area contributed by atoms with Gasteiger partial charge in [-0.3, -0.25) is 4.79 Å². The van der Waals surface area contributed by atoms with E-state index in [4.69, 9.17) is 21.1 Å². The standard InChI is InChI=1S/C27H31ClFN3O4/c1-32-15-30-23(24(32)25(33)31-20-4-5-22(29)21(28)10-20)17-8-18-13-26(34,14-19(18)9-17)7-6-16-11-27(12-16,35-2)36-3/h4-5,10,15-19,34H,8-9,11-14H2,1-3H3,(H,31,33). The minimum absolute atomic E-state index is 0.0498. The van der Waals surface area contributed by atoms with Gasteiger partial charge in [0.05, 0.1) is 17.0 Å². The highest BCUT2D eigenvalue weighted by Crippen LogP contribution is 2.54. The van der Waals surface area contributed by atoms with Crippen LogP contribution in [0.3, 0.4) is 0 Å². The molecule has 2 N–H and O–H groups in total. The van der Waals surface area contributed by atoms with E-state index in [2.05, 4.69) is 22.1 Å². The second-order valence-corrected chi connectivity index (χ2v) is 10.9. The summed E-state index contributed by atoms with van der Waals surface area (Å²) in [5, 5.41) is 13.9. The quantitative estimate of drug-likeness (QED) is 0.452. The molecule has 0 saturated heterocycles. The van der Waals surface area contributed by atoms with Gasteiger partial charge in [-0.15, -0.1) is 0 Å².